The summed E-state index contributed by atoms with van der Waals surface area (Å²) in [5.41, 5.74) is 1.72. The Kier molecular flexibility index (Phi) is 5.50. The van der Waals surface area contributed by atoms with Crippen LogP contribution in [0.1, 0.15) is 17.5 Å². The molecule has 0 bridgehead atoms. The second-order valence-electron chi connectivity index (χ2n) is 4.64. The molecule has 0 spiro atoms. The van der Waals surface area contributed by atoms with E-state index in [1.54, 1.807) is 12.1 Å². The number of hydrogen-bond donors (Lipinski definition) is 2. The normalized spacial score (nSPS) is 10.9. The topological polar surface area (TPSA) is 40.5 Å². The Balaban J connectivity index is 2.05. The lowest BCUT2D eigenvalue weighted by Crippen LogP contribution is -1.93. The molecule has 6 heteroatoms. The molecule has 2 N–H and O–H groups in total. The average molecular weight is 366 g/mol. The molecule has 2 aromatic carbocycles. The molecule has 2 rings (SSSR count). The van der Waals surface area contributed by atoms with Gasteiger partial charge in [-0.25, -0.2) is 0 Å². The Labute approximate surface area is 142 Å². The standard InChI is InChI=1S/C15H12Cl4O2/c16-10-6-14(20)12(18)4-8(10)2-1-3-9-5-13(19)15(21)7-11(9)17/h4-7,20-21H,1-3H2. The summed E-state index contributed by atoms with van der Waals surface area (Å²) in [7, 11) is 0. The van der Waals surface area contributed by atoms with Gasteiger partial charge in [0.05, 0.1) is 10.0 Å². The van der Waals surface area contributed by atoms with Crippen LogP contribution >= 0.6 is 46.4 Å². The number of phenols is 2. The van der Waals surface area contributed by atoms with Gasteiger partial charge in [0.2, 0.25) is 0 Å². The van der Waals surface area contributed by atoms with E-state index < -0.39 is 0 Å². The first-order valence-corrected chi connectivity index (χ1v) is 7.73. The third-order valence-electron chi connectivity index (χ3n) is 3.12. The van der Waals surface area contributed by atoms with Gasteiger partial charge in [0.1, 0.15) is 11.5 Å². The van der Waals surface area contributed by atoms with Gasteiger partial charge in [-0.2, -0.15) is 0 Å². The van der Waals surface area contributed by atoms with Crippen molar-refractivity contribution >= 4 is 46.4 Å². The highest BCUT2D eigenvalue weighted by molar-refractivity contribution is 6.35. The molecule has 0 unspecified atom stereocenters. The number of benzene rings is 2. The molecule has 0 radical (unpaired) electrons. The van der Waals surface area contributed by atoms with Crippen molar-refractivity contribution in [2.24, 2.45) is 0 Å². The van der Waals surface area contributed by atoms with Crippen molar-refractivity contribution in [3.8, 4) is 11.5 Å². The van der Waals surface area contributed by atoms with Gasteiger partial charge in [0, 0.05) is 22.2 Å². The summed E-state index contributed by atoms with van der Waals surface area (Å²) in [4.78, 5) is 0. The maximum Gasteiger partial charge on any atom is 0.135 e. The molecule has 0 aromatic heterocycles. The maximum absolute atomic E-state index is 9.45. The fourth-order valence-electron chi connectivity index (χ4n) is 2.01. The summed E-state index contributed by atoms with van der Waals surface area (Å²) in [5, 5.41) is 20.4. The lowest BCUT2D eigenvalue weighted by atomic mass is 10.0. The molecule has 0 saturated carbocycles. The number of halogens is 4. The number of aromatic hydroxyl groups is 2. The molecular formula is C15H12Cl4O2. The molecule has 2 nitrogen and oxygen atoms in total. The van der Waals surface area contributed by atoms with Gasteiger partial charge in [0.25, 0.3) is 0 Å². The SMILES string of the molecule is Oc1cc(Cl)c(CCCc2cc(Cl)c(O)cc2Cl)cc1Cl. The lowest BCUT2D eigenvalue weighted by Gasteiger charge is -2.09. The monoisotopic (exact) mass is 364 g/mol. The summed E-state index contributed by atoms with van der Waals surface area (Å²) < 4.78 is 0. The predicted octanol–water partition coefficient (Wildman–Crippen LogP) is 5.89. The highest BCUT2D eigenvalue weighted by atomic mass is 35.5. The Morgan fingerprint density at radius 3 is 1.38 bits per heavy atom. The van der Waals surface area contributed by atoms with Crippen molar-refractivity contribution in [1.29, 1.82) is 0 Å². The van der Waals surface area contributed by atoms with Gasteiger partial charge in [-0.1, -0.05) is 46.4 Å². The second kappa shape index (κ2) is 6.97. The van der Waals surface area contributed by atoms with E-state index in [-0.39, 0.29) is 21.5 Å². The van der Waals surface area contributed by atoms with Crippen LogP contribution in [-0.4, -0.2) is 10.2 Å². The van der Waals surface area contributed by atoms with E-state index in [9.17, 15) is 10.2 Å². The Morgan fingerprint density at radius 1 is 0.619 bits per heavy atom. The van der Waals surface area contributed by atoms with Gasteiger partial charge in [-0.3, -0.25) is 0 Å². The third-order valence-corrected chi connectivity index (χ3v) is 4.43. The van der Waals surface area contributed by atoms with Crippen molar-refractivity contribution < 1.29 is 10.2 Å². The molecule has 0 saturated heterocycles. The maximum atomic E-state index is 9.45. The van der Waals surface area contributed by atoms with Crippen LogP contribution < -0.4 is 0 Å². The van der Waals surface area contributed by atoms with Crippen molar-refractivity contribution in [2.75, 3.05) is 0 Å². The van der Waals surface area contributed by atoms with E-state index in [0.717, 1.165) is 17.5 Å². The Morgan fingerprint density at radius 2 is 1.00 bits per heavy atom. The first-order valence-electron chi connectivity index (χ1n) is 6.22. The molecule has 0 amide bonds. The van der Waals surface area contributed by atoms with Gasteiger partial charge < -0.3 is 10.2 Å². The first kappa shape index (κ1) is 16.6. The fraction of sp³-hybridized carbons (Fsp3) is 0.200. The molecule has 2 aromatic rings. The molecule has 0 aliphatic heterocycles. The minimum absolute atomic E-state index is 0.0289. The second-order valence-corrected chi connectivity index (χ2v) is 6.27. The van der Waals surface area contributed by atoms with E-state index in [1.807, 2.05) is 0 Å². The smallest absolute Gasteiger partial charge is 0.135 e. The van der Waals surface area contributed by atoms with Crippen molar-refractivity contribution in [2.45, 2.75) is 19.3 Å². The van der Waals surface area contributed by atoms with E-state index in [0.29, 0.717) is 22.9 Å². The summed E-state index contributed by atoms with van der Waals surface area (Å²) in [6.07, 6.45) is 2.16. The van der Waals surface area contributed by atoms with Crippen molar-refractivity contribution in [3.63, 3.8) is 0 Å². The highest BCUT2D eigenvalue weighted by Gasteiger charge is 2.09. The zero-order valence-corrected chi connectivity index (χ0v) is 13.9. The summed E-state index contributed by atoms with van der Waals surface area (Å²) in [6.45, 7) is 0. The first-order chi connectivity index (χ1) is 9.88. The van der Waals surface area contributed by atoms with Crippen LogP contribution in [0.4, 0.5) is 0 Å². The van der Waals surface area contributed by atoms with Crippen LogP contribution in [0.25, 0.3) is 0 Å². The van der Waals surface area contributed by atoms with E-state index in [1.165, 1.54) is 12.1 Å². The number of aryl methyl sites for hydroxylation is 2. The van der Waals surface area contributed by atoms with Gasteiger partial charge >= 0.3 is 0 Å². The van der Waals surface area contributed by atoms with Crippen LogP contribution in [0, 0.1) is 0 Å². The zero-order valence-electron chi connectivity index (χ0n) is 10.8. The van der Waals surface area contributed by atoms with Gasteiger partial charge in [-0.15, -0.1) is 0 Å². The van der Waals surface area contributed by atoms with Crippen LogP contribution in [-0.2, 0) is 12.8 Å². The molecule has 0 heterocycles. The van der Waals surface area contributed by atoms with Crippen LogP contribution in [0.2, 0.25) is 20.1 Å². The summed E-state index contributed by atoms with van der Waals surface area (Å²) >= 11 is 23.9. The van der Waals surface area contributed by atoms with Gasteiger partial charge in [0.15, 0.2) is 0 Å². The van der Waals surface area contributed by atoms with Gasteiger partial charge in [-0.05, 0) is 42.5 Å². The van der Waals surface area contributed by atoms with E-state index in [2.05, 4.69) is 0 Å². The summed E-state index contributed by atoms with van der Waals surface area (Å²) in [6, 6.07) is 6.18. The lowest BCUT2D eigenvalue weighted by molar-refractivity contribution is 0.475. The molecule has 0 atom stereocenters. The van der Waals surface area contributed by atoms with E-state index in [4.69, 9.17) is 46.4 Å². The molecular weight excluding hydrogens is 354 g/mol. The Hall–Kier alpha value is -0.800. The molecule has 21 heavy (non-hydrogen) atoms. The van der Waals surface area contributed by atoms with Crippen LogP contribution in [0.5, 0.6) is 11.5 Å². The largest absolute Gasteiger partial charge is 0.506 e. The van der Waals surface area contributed by atoms with Crippen molar-refractivity contribution in [3.05, 3.63) is 55.5 Å². The number of hydrogen-bond acceptors (Lipinski definition) is 2. The predicted molar refractivity (Wildman–Crippen MR) is 88.3 cm³/mol. The third kappa shape index (κ3) is 4.10. The van der Waals surface area contributed by atoms with Crippen LogP contribution in [0.3, 0.4) is 0 Å². The Bertz CT molecular complexity index is 614. The molecule has 0 aliphatic carbocycles. The van der Waals surface area contributed by atoms with Crippen molar-refractivity contribution in [1.82, 2.24) is 0 Å². The van der Waals surface area contributed by atoms with E-state index >= 15 is 0 Å². The number of phenolic OH excluding ortho intramolecular Hbond substituents is 2. The fourth-order valence-corrected chi connectivity index (χ4v) is 2.88. The number of rotatable bonds is 4. The molecule has 0 fully saturated rings. The summed E-state index contributed by atoms with van der Waals surface area (Å²) in [5.74, 6) is -0.0578. The minimum Gasteiger partial charge on any atom is -0.506 e. The van der Waals surface area contributed by atoms with Crippen LogP contribution in [0.15, 0.2) is 24.3 Å². The molecule has 112 valence electrons. The average Bonchev–Trinajstić information content (AvgIpc) is 2.41. The zero-order chi connectivity index (χ0) is 15.6. The highest BCUT2D eigenvalue weighted by Crippen LogP contribution is 2.33. The minimum atomic E-state index is -0.0289. The molecule has 0 aliphatic rings. The quantitative estimate of drug-likeness (QED) is 0.709.